The van der Waals surface area contributed by atoms with E-state index < -0.39 is 0 Å². The third-order valence-corrected chi connectivity index (χ3v) is 3.15. The van der Waals surface area contributed by atoms with Gasteiger partial charge in [-0.1, -0.05) is 31.1 Å². The molecule has 1 N–H and O–H groups in total. The number of nitrogens with zero attached hydrogens (tertiary/aromatic N) is 2. The molecule has 0 radical (unpaired) electrons. The second-order valence-corrected chi connectivity index (χ2v) is 4.79. The molecule has 0 aliphatic carbocycles. The Balaban J connectivity index is 2.05. The first-order valence-corrected chi connectivity index (χ1v) is 7.04. The van der Waals surface area contributed by atoms with Gasteiger partial charge in [0.1, 0.15) is 5.82 Å². The molecule has 0 bridgehead atoms. The van der Waals surface area contributed by atoms with Gasteiger partial charge in [-0.2, -0.15) is 4.98 Å². The van der Waals surface area contributed by atoms with E-state index in [4.69, 9.17) is 4.52 Å². The van der Waals surface area contributed by atoms with Gasteiger partial charge in [0.05, 0.1) is 0 Å². The Hall–Kier alpha value is -1.75. The Morgan fingerprint density at radius 2 is 2.20 bits per heavy atom. The topological polar surface area (TPSA) is 51.0 Å². The van der Waals surface area contributed by atoms with Gasteiger partial charge in [0.15, 0.2) is 0 Å². The van der Waals surface area contributed by atoms with Gasteiger partial charge >= 0.3 is 0 Å². The Bertz CT molecular complexity index is 541. The molecule has 0 spiro atoms. The molecular formula is C15H20FN3O. The molecule has 2 rings (SSSR count). The third-order valence-electron chi connectivity index (χ3n) is 3.15. The standard InChI is InChI=1S/C15H20FN3O/c1-3-8-17-13(4-2)10-14-18-15(19-20-14)11-6-5-7-12(16)9-11/h5-7,9,13,17H,3-4,8,10H2,1-2H3. The lowest BCUT2D eigenvalue weighted by Crippen LogP contribution is -2.31. The summed E-state index contributed by atoms with van der Waals surface area (Å²) in [5.41, 5.74) is 0.634. The van der Waals surface area contributed by atoms with Crippen LogP contribution in [0.25, 0.3) is 11.4 Å². The second kappa shape index (κ2) is 7.14. The van der Waals surface area contributed by atoms with E-state index >= 15 is 0 Å². The molecule has 1 aromatic heterocycles. The fraction of sp³-hybridized carbons (Fsp3) is 0.467. The van der Waals surface area contributed by atoms with Crippen LogP contribution in [-0.2, 0) is 6.42 Å². The predicted octanol–water partition coefficient (Wildman–Crippen LogP) is 3.20. The summed E-state index contributed by atoms with van der Waals surface area (Å²) in [6.45, 7) is 5.23. The van der Waals surface area contributed by atoms with E-state index in [-0.39, 0.29) is 5.82 Å². The molecule has 0 aliphatic rings. The van der Waals surface area contributed by atoms with Crippen LogP contribution in [-0.4, -0.2) is 22.7 Å². The first-order valence-electron chi connectivity index (χ1n) is 7.04. The summed E-state index contributed by atoms with van der Waals surface area (Å²) in [4.78, 5) is 4.33. The maximum absolute atomic E-state index is 13.2. The summed E-state index contributed by atoms with van der Waals surface area (Å²) >= 11 is 0. The minimum absolute atomic E-state index is 0.301. The second-order valence-electron chi connectivity index (χ2n) is 4.79. The Morgan fingerprint density at radius 3 is 2.90 bits per heavy atom. The lowest BCUT2D eigenvalue weighted by molar-refractivity contribution is 0.354. The van der Waals surface area contributed by atoms with E-state index in [9.17, 15) is 4.39 Å². The van der Waals surface area contributed by atoms with Crippen molar-refractivity contribution in [1.82, 2.24) is 15.5 Å². The molecule has 1 atom stereocenters. The lowest BCUT2D eigenvalue weighted by Gasteiger charge is -2.13. The minimum atomic E-state index is -0.301. The molecular weight excluding hydrogens is 257 g/mol. The number of halogens is 1. The van der Waals surface area contributed by atoms with Crippen LogP contribution in [0.4, 0.5) is 4.39 Å². The van der Waals surface area contributed by atoms with Crippen molar-refractivity contribution in [2.45, 2.75) is 39.2 Å². The summed E-state index contributed by atoms with van der Waals surface area (Å²) in [5, 5.41) is 7.35. The minimum Gasteiger partial charge on any atom is -0.339 e. The molecule has 1 unspecified atom stereocenters. The van der Waals surface area contributed by atoms with E-state index in [0.29, 0.717) is 29.7 Å². The molecule has 0 saturated heterocycles. The fourth-order valence-electron chi connectivity index (χ4n) is 2.00. The van der Waals surface area contributed by atoms with Crippen molar-refractivity contribution >= 4 is 0 Å². The van der Waals surface area contributed by atoms with Gasteiger partial charge in [-0.15, -0.1) is 0 Å². The molecule has 0 amide bonds. The zero-order valence-electron chi connectivity index (χ0n) is 11.9. The van der Waals surface area contributed by atoms with Crippen LogP contribution in [0.15, 0.2) is 28.8 Å². The normalized spacial score (nSPS) is 12.6. The van der Waals surface area contributed by atoms with Crippen LogP contribution in [0.5, 0.6) is 0 Å². The average molecular weight is 277 g/mol. The first kappa shape index (κ1) is 14.7. The van der Waals surface area contributed by atoms with Crippen molar-refractivity contribution in [2.75, 3.05) is 6.54 Å². The summed E-state index contributed by atoms with van der Waals surface area (Å²) in [7, 11) is 0. The predicted molar refractivity (Wildman–Crippen MR) is 75.8 cm³/mol. The van der Waals surface area contributed by atoms with Crippen molar-refractivity contribution in [3.63, 3.8) is 0 Å². The van der Waals surface area contributed by atoms with Crippen molar-refractivity contribution in [2.24, 2.45) is 0 Å². The highest BCUT2D eigenvalue weighted by Gasteiger charge is 2.13. The largest absolute Gasteiger partial charge is 0.339 e. The number of aromatic nitrogens is 2. The number of rotatable bonds is 7. The molecule has 0 fully saturated rings. The first-order chi connectivity index (χ1) is 9.72. The molecule has 4 nitrogen and oxygen atoms in total. The molecule has 1 heterocycles. The molecule has 108 valence electrons. The van der Waals surface area contributed by atoms with Crippen LogP contribution in [0, 0.1) is 5.82 Å². The number of nitrogens with one attached hydrogen (secondary N) is 1. The smallest absolute Gasteiger partial charge is 0.228 e. The average Bonchev–Trinajstić information content (AvgIpc) is 2.92. The van der Waals surface area contributed by atoms with E-state index in [1.807, 2.05) is 0 Å². The highest BCUT2D eigenvalue weighted by Crippen LogP contribution is 2.17. The monoisotopic (exact) mass is 277 g/mol. The Kier molecular flexibility index (Phi) is 5.24. The van der Waals surface area contributed by atoms with Crippen molar-refractivity contribution in [3.05, 3.63) is 36.0 Å². The zero-order chi connectivity index (χ0) is 14.4. The quantitative estimate of drug-likeness (QED) is 0.844. The molecule has 0 saturated carbocycles. The maximum Gasteiger partial charge on any atom is 0.228 e. The van der Waals surface area contributed by atoms with Crippen molar-refractivity contribution in [3.8, 4) is 11.4 Å². The van der Waals surface area contributed by atoms with E-state index in [1.54, 1.807) is 12.1 Å². The Labute approximate surface area is 118 Å². The van der Waals surface area contributed by atoms with Crippen molar-refractivity contribution in [1.29, 1.82) is 0 Å². The number of hydrogen-bond donors (Lipinski definition) is 1. The Morgan fingerprint density at radius 1 is 1.35 bits per heavy atom. The van der Waals surface area contributed by atoms with E-state index in [1.165, 1.54) is 12.1 Å². The summed E-state index contributed by atoms with van der Waals surface area (Å²) in [5.74, 6) is 0.717. The summed E-state index contributed by atoms with van der Waals surface area (Å²) < 4.78 is 18.4. The number of benzene rings is 1. The zero-order valence-corrected chi connectivity index (χ0v) is 11.9. The van der Waals surface area contributed by atoms with Gasteiger partial charge < -0.3 is 9.84 Å². The van der Waals surface area contributed by atoms with Crippen LogP contribution in [0.3, 0.4) is 0 Å². The van der Waals surface area contributed by atoms with Gasteiger partial charge in [0, 0.05) is 18.0 Å². The van der Waals surface area contributed by atoms with Gasteiger partial charge in [-0.3, -0.25) is 0 Å². The van der Waals surface area contributed by atoms with Crippen LogP contribution in [0.2, 0.25) is 0 Å². The SMILES string of the molecule is CCCNC(CC)Cc1nc(-c2cccc(F)c2)no1. The lowest BCUT2D eigenvalue weighted by atomic mass is 10.1. The summed E-state index contributed by atoms with van der Waals surface area (Å²) in [6, 6.07) is 6.53. The van der Waals surface area contributed by atoms with Crippen LogP contribution >= 0.6 is 0 Å². The molecule has 0 aliphatic heterocycles. The highest BCUT2D eigenvalue weighted by molar-refractivity contribution is 5.53. The van der Waals surface area contributed by atoms with Crippen LogP contribution < -0.4 is 5.32 Å². The summed E-state index contributed by atoms with van der Waals surface area (Å²) in [6.07, 6.45) is 2.78. The molecule has 1 aromatic carbocycles. The fourth-order valence-corrected chi connectivity index (χ4v) is 2.00. The maximum atomic E-state index is 13.2. The molecule has 20 heavy (non-hydrogen) atoms. The van der Waals surface area contributed by atoms with Crippen molar-refractivity contribution < 1.29 is 8.91 Å². The highest BCUT2D eigenvalue weighted by atomic mass is 19.1. The van der Waals surface area contributed by atoms with Gasteiger partial charge in [0.25, 0.3) is 0 Å². The number of hydrogen-bond acceptors (Lipinski definition) is 4. The van der Waals surface area contributed by atoms with Gasteiger partial charge in [0.2, 0.25) is 11.7 Å². The van der Waals surface area contributed by atoms with Crippen LogP contribution in [0.1, 0.15) is 32.6 Å². The van der Waals surface area contributed by atoms with Gasteiger partial charge in [-0.05, 0) is 31.5 Å². The molecule has 5 heteroatoms. The van der Waals surface area contributed by atoms with E-state index in [0.717, 1.165) is 19.4 Å². The molecule has 2 aromatic rings. The third kappa shape index (κ3) is 3.87. The van der Waals surface area contributed by atoms with Gasteiger partial charge in [-0.25, -0.2) is 4.39 Å². The van der Waals surface area contributed by atoms with E-state index in [2.05, 4.69) is 29.3 Å².